The number of benzene rings is 1. The molecule has 62 valence electrons. The van der Waals surface area contributed by atoms with Crippen LogP contribution in [0.2, 0.25) is 5.02 Å². The fourth-order valence-electron chi connectivity index (χ4n) is 0.885. The first kappa shape index (κ1) is 8.89. The van der Waals surface area contributed by atoms with E-state index >= 15 is 0 Å². The van der Waals surface area contributed by atoms with Crippen molar-refractivity contribution in [3.05, 3.63) is 28.8 Å². The molecule has 2 nitrogen and oxygen atoms in total. The van der Waals surface area contributed by atoms with Crippen molar-refractivity contribution in [1.29, 1.82) is 5.26 Å². The maximum Gasteiger partial charge on any atom is 0.174 e. The minimum atomic E-state index is 0.0719. The van der Waals surface area contributed by atoms with Crippen molar-refractivity contribution in [2.45, 2.75) is 6.92 Å². The van der Waals surface area contributed by atoms with Gasteiger partial charge in [-0.05, 0) is 30.7 Å². The normalized spacial score (nSPS) is 9.08. The predicted octanol–water partition coefficient (Wildman–Crippen LogP) is 2.55. The van der Waals surface area contributed by atoms with Gasteiger partial charge < -0.3 is 4.74 Å². The first-order valence-electron chi connectivity index (χ1n) is 3.50. The Balaban J connectivity index is 2.81. The zero-order chi connectivity index (χ0) is 8.97. The summed E-state index contributed by atoms with van der Waals surface area (Å²) in [5.41, 5.74) is 0.942. The molecule has 0 N–H and O–H groups in total. The molecule has 12 heavy (non-hydrogen) atoms. The minimum Gasteiger partial charge on any atom is -0.478 e. The first-order valence-corrected chi connectivity index (χ1v) is 3.87. The van der Waals surface area contributed by atoms with E-state index < -0.39 is 0 Å². The van der Waals surface area contributed by atoms with Gasteiger partial charge in [-0.15, -0.1) is 0 Å². The van der Waals surface area contributed by atoms with E-state index in [2.05, 4.69) is 0 Å². The van der Waals surface area contributed by atoms with Gasteiger partial charge in [-0.1, -0.05) is 11.6 Å². The molecule has 0 heterocycles. The van der Waals surface area contributed by atoms with Gasteiger partial charge in [-0.3, -0.25) is 0 Å². The van der Waals surface area contributed by atoms with Gasteiger partial charge in [0.1, 0.15) is 11.8 Å². The molecule has 0 aliphatic carbocycles. The van der Waals surface area contributed by atoms with Gasteiger partial charge >= 0.3 is 0 Å². The number of ether oxygens (including phenoxy) is 1. The van der Waals surface area contributed by atoms with Crippen molar-refractivity contribution in [2.24, 2.45) is 0 Å². The van der Waals surface area contributed by atoms with E-state index in [0.29, 0.717) is 10.8 Å². The van der Waals surface area contributed by atoms with Crippen LogP contribution in [0.1, 0.15) is 5.56 Å². The monoisotopic (exact) mass is 181 g/mol. The van der Waals surface area contributed by atoms with Crippen LogP contribution in [0.15, 0.2) is 18.2 Å². The lowest BCUT2D eigenvalue weighted by molar-refractivity contribution is 0.365. The SMILES string of the molecule is Cc1cc(Cl)ccc1OCC#N. The van der Waals surface area contributed by atoms with Crippen molar-refractivity contribution in [1.82, 2.24) is 0 Å². The summed E-state index contributed by atoms with van der Waals surface area (Å²) in [5.74, 6) is 0.709. The van der Waals surface area contributed by atoms with E-state index in [-0.39, 0.29) is 6.61 Å². The number of hydrogen-bond acceptors (Lipinski definition) is 2. The Labute approximate surface area is 76.3 Å². The largest absolute Gasteiger partial charge is 0.478 e. The van der Waals surface area contributed by atoms with Gasteiger partial charge in [0.05, 0.1) is 0 Å². The number of hydrogen-bond donors (Lipinski definition) is 0. The molecule has 1 aromatic carbocycles. The number of halogens is 1. The standard InChI is InChI=1S/C9H8ClNO/c1-7-6-8(10)2-3-9(7)12-5-4-11/h2-3,6H,5H2,1H3. The lowest BCUT2D eigenvalue weighted by Gasteiger charge is -2.04. The Morgan fingerprint density at radius 3 is 2.92 bits per heavy atom. The Morgan fingerprint density at radius 1 is 1.58 bits per heavy atom. The molecule has 0 bridgehead atoms. The molecule has 0 saturated heterocycles. The molecular formula is C9H8ClNO. The second kappa shape index (κ2) is 3.99. The van der Waals surface area contributed by atoms with Crippen molar-refractivity contribution in [3.63, 3.8) is 0 Å². The highest BCUT2D eigenvalue weighted by atomic mass is 35.5. The van der Waals surface area contributed by atoms with Crippen LogP contribution in [0, 0.1) is 18.3 Å². The highest BCUT2D eigenvalue weighted by Gasteiger charge is 1.98. The van der Waals surface area contributed by atoms with Crippen LogP contribution in [0.3, 0.4) is 0 Å². The second-order valence-electron chi connectivity index (χ2n) is 2.36. The smallest absolute Gasteiger partial charge is 0.174 e. The third kappa shape index (κ3) is 2.14. The molecule has 0 saturated carbocycles. The second-order valence-corrected chi connectivity index (χ2v) is 2.79. The van der Waals surface area contributed by atoms with Crippen LogP contribution in [0.4, 0.5) is 0 Å². The van der Waals surface area contributed by atoms with Crippen LogP contribution in [-0.4, -0.2) is 6.61 Å². The Kier molecular flexibility index (Phi) is 2.95. The van der Waals surface area contributed by atoms with Crippen LogP contribution >= 0.6 is 11.6 Å². The number of nitriles is 1. The molecule has 0 radical (unpaired) electrons. The van der Waals surface area contributed by atoms with Crippen molar-refractivity contribution in [3.8, 4) is 11.8 Å². The maximum atomic E-state index is 8.27. The number of nitrogens with zero attached hydrogens (tertiary/aromatic N) is 1. The molecule has 0 amide bonds. The summed E-state index contributed by atoms with van der Waals surface area (Å²) in [7, 11) is 0. The molecule has 1 rings (SSSR count). The van der Waals surface area contributed by atoms with E-state index in [9.17, 15) is 0 Å². The van der Waals surface area contributed by atoms with Crippen molar-refractivity contribution in [2.75, 3.05) is 6.61 Å². The van der Waals surface area contributed by atoms with Crippen molar-refractivity contribution >= 4 is 11.6 Å². The van der Waals surface area contributed by atoms with E-state index in [1.165, 1.54) is 0 Å². The average Bonchev–Trinajstić information content (AvgIpc) is 2.03. The summed E-state index contributed by atoms with van der Waals surface area (Å²) in [4.78, 5) is 0. The average molecular weight is 182 g/mol. The van der Waals surface area contributed by atoms with Crippen LogP contribution in [0.5, 0.6) is 5.75 Å². The molecule has 0 aromatic heterocycles. The zero-order valence-corrected chi connectivity index (χ0v) is 7.43. The van der Waals surface area contributed by atoms with E-state index in [0.717, 1.165) is 5.56 Å². The Hall–Kier alpha value is -1.20. The van der Waals surface area contributed by atoms with E-state index in [1.54, 1.807) is 18.2 Å². The minimum absolute atomic E-state index is 0.0719. The van der Waals surface area contributed by atoms with Crippen LogP contribution in [0.25, 0.3) is 0 Å². The van der Waals surface area contributed by atoms with Gasteiger partial charge in [0.15, 0.2) is 6.61 Å². The lowest BCUT2D eigenvalue weighted by atomic mass is 10.2. The molecule has 3 heteroatoms. The highest BCUT2D eigenvalue weighted by molar-refractivity contribution is 6.30. The van der Waals surface area contributed by atoms with E-state index in [1.807, 2.05) is 13.0 Å². The predicted molar refractivity (Wildman–Crippen MR) is 47.3 cm³/mol. The molecule has 1 aromatic rings. The lowest BCUT2D eigenvalue weighted by Crippen LogP contribution is -1.94. The Morgan fingerprint density at radius 2 is 2.33 bits per heavy atom. The van der Waals surface area contributed by atoms with Crippen molar-refractivity contribution < 1.29 is 4.74 Å². The van der Waals surface area contributed by atoms with E-state index in [4.69, 9.17) is 21.6 Å². The summed E-state index contributed by atoms with van der Waals surface area (Å²) in [6.45, 7) is 1.96. The molecule has 0 fully saturated rings. The molecule has 0 aliphatic heterocycles. The quantitative estimate of drug-likeness (QED) is 0.703. The zero-order valence-electron chi connectivity index (χ0n) is 6.67. The fraction of sp³-hybridized carbons (Fsp3) is 0.222. The molecule has 0 spiro atoms. The number of aryl methyl sites for hydroxylation is 1. The summed E-state index contributed by atoms with van der Waals surface area (Å²) in [5, 5.41) is 8.95. The first-order chi connectivity index (χ1) is 5.74. The summed E-state index contributed by atoms with van der Waals surface area (Å²) >= 11 is 5.73. The van der Waals surface area contributed by atoms with Gasteiger partial charge in [-0.25, -0.2) is 0 Å². The molecule has 0 aliphatic rings. The van der Waals surface area contributed by atoms with Crippen LogP contribution < -0.4 is 4.74 Å². The molecular weight excluding hydrogens is 174 g/mol. The number of rotatable bonds is 2. The third-order valence-corrected chi connectivity index (χ3v) is 1.66. The van der Waals surface area contributed by atoms with Crippen LogP contribution in [-0.2, 0) is 0 Å². The third-order valence-electron chi connectivity index (χ3n) is 1.43. The molecule has 0 atom stereocenters. The summed E-state index contributed by atoms with van der Waals surface area (Å²) < 4.78 is 5.12. The van der Waals surface area contributed by atoms with Gasteiger partial charge in [0, 0.05) is 5.02 Å². The summed E-state index contributed by atoms with van der Waals surface area (Å²) in [6, 6.07) is 7.20. The summed E-state index contributed by atoms with van der Waals surface area (Å²) in [6.07, 6.45) is 0. The topological polar surface area (TPSA) is 33.0 Å². The van der Waals surface area contributed by atoms with Gasteiger partial charge in [-0.2, -0.15) is 5.26 Å². The Bertz CT molecular complexity index is 317. The van der Waals surface area contributed by atoms with Gasteiger partial charge in [0.2, 0.25) is 0 Å². The maximum absolute atomic E-state index is 8.27. The highest BCUT2D eigenvalue weighted by Crippen LogP contribution is 2.21. The molecule has 0 unspecified atom stereocenters. The van der Waals surface area contributed by atoms with Gasteiger partial charge in [0.25, 0.3) is 0 Å². The fourth-order valence-corrected chi connectivity index (χ4v) is 1.11.